The van der Waals surface area contributed by atoms with Crippen molar-refractivity contribution in [1.29, 1.82) is 0 Å². The summed E-state index contributed by atoms with van der Waals surface area (Å²) in [4.78, 5) is 40.2. The largest absolute Gasteiger partial charge is 0.493 e. The third-order valence-electron chi connectivity index (χ3n) is 8.19. The molecule has 0 spiro atoms. The van der Waals surface area contributed by atoms with Gasteiger partial charge in [0.25, 0.3) is 11.8 Å². The molecule has 0 fully saturated rings. The summed E-state index contributed by atoms with van der Waals surface area (Å²) in [6.07, 6.45) is 0.853. The van der Waals surface area contributed by atoms with Crippen LogP contribution in [0.25, 0.3) is 11.0 Å². The Labute approximate surface area is 239 Å². The summed E-state index contributed by atoms with van der Waals surface area (Å²) < 4.78 is 44.0. The third-order valence-corrected chi connectivity index (χ3v) is 8.19. The average Bonchev–Trinajstić information content (AvgIpc) is 3.23. The van der Waals surface area contributed by atoms with Crippen LogP contribution in [0.5, 0.6) is 17.2 Å². The molecule has 214 valence electrons. The van der Waals surface area contributed by atoms with Gasteiger partial charge in [-0.1, -0.05) is 12.1 Å². The van der Waals surface area contributed by atoms with Crippen LogP contribution in [0.3, 0.4) is 0 Å². The average molecular weight is 572 g/mol. The Morgan fingerprint density at radius 2 is 1.67 bits per heavy atom. The monoisotopic (exact) mass is 571 g/mol. The molecule has 42 heavy (non-hydrogen) atoms. The lowest BCUT2D eigenvalue weighted by molar-refractivity contribution is -0.232. The number of hydrogen-bond acceptors (Lipinski definition) is 8. The highest BCUT2D eigenvalue weighted by atomic mass is 19.1. The van der Waals surface area contributed by atoms with Crippen LogP contribution in [0.4, 0.5) is 4.39 Å². The van der Waals surface area contributed by atoms with Crippen molar-refractivity contribution in [1.82, 2.24) is 4.90 Å². The second-order valence-corrected chi connectivity index (χ2v) is 10.6. The van der Waals surface area contributed by atoms with Gasteiger partial charge in [-0.2, -0.15) is 0 Å². The van der Waals surface area contributed by atoms with Gasteiger partial charge < -0.3 is 23.4 Å². The fourth-order valence-electron chi connectivity index (χ4n) is 6.21. The molecule has 4 aromatic rings. The normalized spacial score (nSPS) is 20.2. The molecular weight excluding hydrogens is 545 g/mol. The van der Waals surface area contributed by atoms with E-state index in [9.17, 15) is 18.8 Å². The predicted octanol–water partition coefficient (Wildman–Crippen LogP) is 5.17. The number of unbranched alkanes of at least 4 members (excludes halogenated alkanes) is 1. The van der Waals surface area contributed by atoms with Crippen molar-refractivity contribution in [3.8, 4) is 17.2 Å². The summed E-state index contributed by atoms with van der Waals surface area (Å²) in [6, 6.07) is 14.3. The Balaban J connectivity index is 1.23. The van der Waals surface area contributed by atoms with E-state index < -0.39 is 23.3 Å². The first-order valence-electron chi connectivity index (χ1n) is 13.7. The molecule has 0 unspecified atom stereocenters. The molecule has 9 nitrogen and oxygen atoms in total. The number of nitrogens with zero attached hydrogens (tertiary/aromatic N) is 1. The molecule has 3 aliphatic rings. The number of halogens is 1. The molecule has 0 saturated carbocycles. The highest BCUT2D eigenvalue weighted by molar-refractivity contribution is 6.21. The fraction of sp³-hybridized carbons (Fsp3) is 0.281. The van der Waals surface area contributed by atoms with E-state index in [1.54, 1.807) is 37.4 Å². The number of hydrogen-bond donors (Lipinski definition) is 0. The zero-order chi connectivity index (χ0) is 29.2. The molecule has 1 aromatic heterocycles. The quantitative estimate of drug-likeness (QED) is 0.170. The van der Waals surface area contributed by atoms with Crippen LogP contribution in [0, 0.1) is 5.82 Å². The van der Waals surface area contributed by atoms with Crippen LogP contribution in [-0.2, 0) is 11.2 Å². The van der Waals surface area contributed by atoms with Gasteiger partial charge in [-0.25, -0.2) is 9.18 Å². The maximum atomic E-state index is 14.4. The number of methoxy groups -OCH3 is 2. The van der Waals surface area contributed by atoms with E-state index in [0.717, 1.165) is 5.56 Å². The lowest BCUT2D eigenvalue weighted by Gasteiger charge is -2.46. The molecule has 7 rings (SSSR count). The lowest BCUT2D eigenvalue weighted by Crippen LogP contribution is -2.50. The molecule has 4 heterocycles. The second kappa shape index (κ2) is 9.70. The Bertz CT molecular complexity index is 1810. The molecule has 3 aromatic carbocycles. The molecule has 3 aliphatic heterocycles. The molecule has 0 radical (unpaired) electrons. The van der Waals surface area contributed by atoms with Crippen molar-refractivity contribution < 1.29 is 37.3 Å². The second-order valence-electron chi connectivity index (χ2n) is 10.6. The van der Waals surface area contributed by atoms with Crippen LogP contribution < -0.4 is 19.8 Å². The summed E-state index contributed by atoms with van der Waals surface area (Å²) in [5, 5.41) is 0.331. The van der Waals surface area contributed by atoms with Crippen LogP contribution in [0.1, 0.15) is 62.8 Å². The minimum absolute atomic E-state index is 0.142. The van der Waals surface area contributed by atoms with Crippen LogP contribution in [0.2, 0.25) is 0 Å². The van der Waals surface area contributed by atoms with Crippen LogP contribution >= 0.6 is 0 Å². The van der Waals surface area contributed by atoms with Crippen LogP contribution in [-0.4, -0.2) is 43.3 Å². The maximum absolute atomic E-state index is 14.4. The molecule has 2 bridgehead atoms. The standard InChI is InChI=1S/C32H26FNO8/c1-38-24-13-17-16-32(11-5-6-12-34-29(35)19-7-3-4-8-20(19)30(34)36)41-27(21(17)15-25(24)39-2)26-28(42-32)22-14-18(33)9-10-23(22)40-31(26)37/h3-4,7-10,13-15,27H,5-6,11-12,16H2,1-2H3/t27-,32-/m0/s1. The molecule has 0 N–H and O–H groups in total. The summed E-state index contributed by atoms with van der Waals surface area (Å²) in [5.74, 6) is -1.11. The zero-order valence-electron chi connectivity index (χ0n) is 22.9. The van der Waals surface area contributed by atoms with E-state index in [1.807, 2.05) is 6.07 Å². The first kappa shape index (κ1) is 26.2. The number of carbonyl (C=O) groups is 2. The van der Waals surface area contributed by atoms with Crippen molar-refractivity contribution in [2.24, 2.45) is 0 Å². The number of carbonyl (C=O) groups excluding carboxylic acids is 2. The minimum atomic E-state index is -1.21. The van der Waals surface area contributed by atoms with E-state index >= 15 is 0 Å². The molecular formula is C32H26FNO8. The van der Waals surface area contributed by atoms with Crippen LogP contribution in [0.15, 0.2) is 63.8 Å². The predicted molar refractivity (Wildman–Crippen MR) is 148 cm³/mol. The van der Waals surface area contributed by atoms with Crippen molar-refractivity contribution >= 4 is 22.8 Å². The van der Waals surface area contributed by atoms with Gasteiger partial charge in [-0.15, -0.1) is 0 Å². The van der Waals surface area contributed by atoms with Crippen molar-refractivity contribution in [2.45, 2.75) is 37.6 Å². The van der Waals surface area contributed by atoms with Crippen molar-refractivity contribution in [3.63, 3.8) is 0 Å². The molecule has 2 amide bonds. The molecule has 2 atom stereocenters. The molecule has 0 aliphatic carbocycles. The molecule has 10 heteroatoms. The van der Waals surface area contributed by atoms with Gasteiger partial charge in [0, 0.05) is 19.4 Å². The van der Waals surface area contributed by atoms with E-state index in [2.05, 4.69) is 0 Å². The Hall–Kier alpha value is -4.70. The Morgan fingerprint density at radius 1 is 0.952 bits per heavy atom. The Kier molecular flexibility index (Phi) is 6.05. The highest BCUT2D eigenvalue weighted by Gasteiger charge is 2.50. The maximum Gasteiger partial charge on any atom is 0.346 e. The number of ether oxygens (including phenoxy) is 4. The van der Waals surface area contributed by atoms with Gasteiger partial charge in [0.2, 0.25) is 5.79 Å². The third kappa shape index (κ3) is 3.97. The smallest absolute Gasteiger partial charge is 0.346 e. The summed E-state index contributed by atoms with van der Waals surface area (Å²) in [5.41, 5.74) is 2.05. The van der Waals surface area contributed by atoms with E-state index in [1.165, 1.54) is 30.2 Å². The van der Waals surface area contributed by atoms with Gasteiger partial charge in [-0.3, -0.25) is 14.5 Å². The van der Waals surface area contributed by atoms with E-state index in [0.29, 0.717) is 59.3 Å². The highest BCUT2D eigenvalue weighted by Crippen LogP contribution is 2.52. The Morgan fingerprint density at radius 3 is 2.38 bits per heavy atom. The van der Waals surface area contributed by atoms with E-state index in [4.69, 9.17) is 23.4 Å². The summed E-state index contributed by atoms with van der Waals surface area (Å²) in [7, 11) is 3.07. The number of benzene rings is 3. The number of rotatable bonds is 7. The topological polar surface area (TPSA) is 105 Å². The van der Waals surface area contributed by atoms with Gasteiger partial charge in [-0.05, 0) is 66.4 Å². The number of amides is 2. The first-order valence-corrected chi connectivity index (χ1v) is 13.7. The fourth-order valence-corrected chi connectivity index (χ4v) is 6.21. The van der Waals surface area contributed by atoms with Gasteiger partial charge in [0.15, 0.2) is 11.5 Å². The number of imide groups is 1. The van der Waals surface area contributed by atoms with Gasteiger partial charge >= 0.3 is 5.63 Å². The zero-order valence-corrected chi connectivity index (χ0v) is 22.9. The van der Waals surface area contributed by atoms with Gasteiger partial charge in [0.05, 0.1) is 30.7 Å². The summed E-state index contributed by atoms with van der Waals surface area (Å²) >= 11 is 0. The van der Waals surface area contributed by atoms with Gasteiger partial charge in [0.1, 0.15) is 28.8 Å². The SMILES string of the molecule is COc1cc2c(cc1OC)[C@@H]1O[C@](CCCCN3C(=O)c4ccccc4C3=O)(C2)Oc2c1c(=O)oc1ccc(F)cc21. The van der Waals surface area contributed by atoms with Crippen molar-refractivity contribution in [2.75, 3.05) is 20.8 Å². The minimum Gasteiger partial charge on any atom is -0.493 e. The van der Waals surface area contributed by atoms with E-state index in [-0.39, 0.29) is 35.3 Å². The first-order chi connectivity index (χ1) is 20.3. The van der Waals surface area contributed by atoms with Crippen molar-refractivity contribution in [3.05, 3.63) is 98.7 Å². The lowest BCUT2D eigenvalue weighted by atomic mass is 9.85. The summed E-state index contributed by atoms with van der Waals surface area (Å²) in [6.45, 7) is 0.238. The molecule has 0 saturated heterocycles. The number of fused-ring (bicyclic) bond motifs is 9.